The number of hydrogen-bond acceptors (Lipinski definition) is 10. The van der Waals surface area contributed by atoms with E-state index in [2.05, 4.69) is 37.4 Å². The van der Waals surface area contributed by atoms with Gasteiger partial charge in [0.15, 0.2) is 5.82 Å². The molecule has 1 aliphatic rings. The first kappa shape index (κ1) is 25.1. The lowest BCUT2D eigenvalue weighted by atomic mass is 10.1. The molecule has 1 unspecified atom stereocenters. The number of rotatable bonds is 9. The highest BCUT2D eigenvalue weighted by atomic mass is 16.5. The van der Waals surface area contributed by atoms with Crippen molar-refractivity contribution in [1.29, 1.82) is 0 Å². The number of aliphatic hydroxyl groups is 1. The van der Waals surface area contributed by atoms with Gasteiger partial charge < -0.3 is 30.1 Å². The zero-order valence-electron chi connectivity index (χ0n) is 21.1. The summed E-state index contributed by atoms with van der Waals surface area (Å²) in [6.45, 7) is 8.08. The maximum atomic E-state index is 10.9. The van der Waals surface area contributed by atoms with Crippen molar-refractivity contribution in [2.24, 2.45) is 0 Å². The van der Waals surface area contributed by atoms with Crippen LogP contribution in [0.1, 0.15) is 25.6 Å². The Morgan fingerprint density at radius 2 is 1.89 bits per heavy atom. The van der Waals surface area contributed by atoms with Gasteiger partial charge in [-0.1, -0.05) is 6.07 Å². The monoisotopic (exact) mass is 481 g/mol. The number of nitrogens with zero attached hydrogens (tertiary/aromatic N) is 5. The number of ether oxygens (including phenoxy) is 2. The van der Waals surface area contributed by atoms with E-state index in [0.717, 1.165) is 37.1 Å². The maximum absolute atomic E-state index is 10.9. The Balaban J connectivity index is 1.54. The topological polar surface area (TPSA) is 108 Å². The number of aliphatic hydroxyl groups excluding tert-OH is 1. The van der Waals surface area contributed by atoms with E-state index in [9.17, 15) is 5.11 Å². The normalized spacial score (nSPS) is 16.3. The minimum Gasteiger partial charge on any atom is -0.495 e. The fourth-order valence-corrected chi connectivity index (χ4v) is 3.88. The molecule has 188 valence electrons. The summed E-state index contributed by atoms with van der Waals surface area (Å²) < 4.78 is 11.1. The fourth-order valence-electron chi connectivity index (χ4n) is 3.88. The van der Waals surface area contributed by atoms with E-state index in [-0.39, 0.29) is 5.60 Å². The van der Waals surface area contributed by atoms with Crippen molar-refractivity contribution in [2.45, 2.75) is 25.7 Å². The number of nitrogens with one attached hydrogen (secondary N) is 2. The molecule has 1 aromatic carbocycles. The average molecular weight is 482 g/mol. The van der Waals surface area contributed by atoms with Gasteiger partial charge in [0.2, 0.25) is 5.95 Å². The molecule has 3 heterocycles. The van der Waals surface area contributed by atoms with Crippen LogP contribution >= 0.6 is 0 Å². The Labute approximate surface area is 206 Å². The van der Waals surface area contributed by atoms with E-state index in [4.69, 9.17) is 14.5 Å². The van der Waals surface area contributed by atoms with Crippen LogP contribution in [0.2, 0.25) is 0 Å². The van der Waals surface area contributed by atoms with Gasteiger partial charge in [-0.15, -0.1) is 0 Å². The number of hydrogen-bond donors (Lipinski definition) is 3. The van der Waals surface area contributed by atoms with Crippen LogP contribution in [-0.4, -0.2) is 89.5 Å². The first-order valence-corrected chi connectivity index (χ1v) is 11.8. The predicted molar refractivity (Wildman–Crippen MR) is 137 cm³/mol. The largest absolute Gasteiger partial charge is 0.495 e. The van der Waals surface area contributed by atoms with Gasteiger partial charge >= 0.3 is 0 Å². The number of anilines is 3. The van der Waals surface area contributed by atoms with Crippen LogP contribution in [0.15, 0.2) is 36.7 Å². The lowest BCUT2D eigenvalue weighted by Crippen LogP contribution is -2.45. The first-order chi connectivity index (χ1) is 16.8. The highest BCUT2D eigenvalue weighted by Crippen LogP contribution is 2.32. The minimum atomic E-state index is -0.681. The van der Waals surface area contributed by atoms with Crippen molar-refractivity contribution in [1.82, 2.24) is 24.8 Å². The standard InChI is InChI=1S/C25H35N7O3/c1-25(2,35-5)16-28-22-21-18(8-9-26-22)15-27-24(30-21)29-19-7-6-17(14-20(19)34-4)23(33)32-12-10-31(3)11-13-32/h6-9,14-15,23,33H,10-13,16H2,1-5H3,(H,26,28)(H,27,29,30). The van der Waals surface area contributed by atoms with Gasteiger partial charge in [0, 0.05) is 57.6 Å². The van der Waals surface area contributed by atoms with Gasteiger partial charge in [-0.3, -0.25) is 4.90 Å². The molecule has 0 aliphatic carbocycles. The predicted octanol–water partition coefficient (Wildman–Crippen LogP) is 2.85. The molecule has 0 radical (unpaired) electrons. The minimum absolute atomic E-state index is 0.345. The molecule has 0 spiro atoms. The summed E-state index contributed by atoms with van der Waals surface area (Å²) in [5.41, 5.74) is 1.85. The number of methoxy groups -OCH3 is 2. The third kappa shape index (κ3) is 5.96. The van der Waals surface area contributed by atoms with Gasteiger partial charge in [0.25, 0.3) is 0 Å². The molecular formula is C25H35N7O3. The van der Waals surface area contributed by atoms with E-state index in [1.165, 1.54) is 0 Å². The summed E-state index contributed by atoms with van der Waals surface area (Å²) in [5.74, 6) is 1.69. The van der Waals surface area contributed by atoms with Crippen LogP contribution in [0.4, 0.5) is 17.5 Å². The van der Waals surface area contributed by atoms with Crippen LogP contribution < -0.4 is 15.4 Å². The van der Waals surface area contributed by atoms with Crippen LogP contribution in [0.25, 0.3) is 10.9 Å². The second kappa shape index (κ2) is 10.7. The van der Waals surface area contributed by atoms with Gasteiger partial charge in [-0.2, -0.15) is 0 Å². The summed E-state index contributed by atoms with van der Waals surface area (Å²) in [6.07, 6.45) is 2.81. The van der Waals surface area contributed by atoms with Crippen molar-refractivity contribution in [3.8, 4) is 5.75 Å². The summed E-state index contributed by atoms with van der Waals surface area (Å²) >= 11 is 0. The van der Waals surface area contributed by atoms with Crippen molar-refractivity contribution in [3.63, 3.8) is 0 Å². The summed E-state index contributed by atoms with van der Waals surface area (Å²) in [5, 5.41) is 18.3. The number of fused-ring (bicyclic) bond motifs is 1. The van der Waals surface area contributed by atoms with Gasteiger partial charge in [-0.25, -0.2) is 15.0 Å². The van der Waals surface area contributed by atoms with E-state index in [1.807, 2.05) is 38.1 Å². The van der Waals surface area contributed by atoms with Crippen molar-refractivity contribution in [2.75, 3.05) is 64.6 Å². The molecule has 10 nitrogen and oxygen atoms in total. The maximum Gasteiger partial charge on any atom is 0.227 e. The number of aromatic nitrogens is 3. The summed E-state index contributed by atoms with van der Waals surface area (Å²) in [4.78, 5) is 18.0. The Kier molecular flexibility index (Phi) is 7.66. The molecule has 3 aromatic rings. The van der Waals surface area contributed by atoms with E-state index in [0.29, 0.717) is 35.3 Å². The fraction of sp³-hybridized carbons (Fsp3) is 0.480. The number of likely N-dealkylation sites (N-methyl/N-ethyl adjacent to an activating group) is 1. The molecule has 1 aliphatic heterocycles. The second-order valence-corrected chi connectivity index (χ2v) is 9.41. The second-order valence-electron chi connectivity index (χ2n) is 9.41. The lowest BCUT2D eigenvalue weighted by molar-refractivity contribution is -0.0233. The third-order valence-electron chi connectivity index (χ3n) is 6.39. The molecule has 0 bridgehead atoms. The van der Waals surface area contributed by atoms with Gasteiger partial charge in [-0.05, 0) is 44.7 Å². The van der Waals surface area contributed by atoms with Crippen molar-refractivity contribution >= 4 is 28.4 Å². The highest BCUT2D eigenvalue weighted by molar-refractivity contribution is 5.88. The molecule has 2 aromatic heterocycles. The quantitative estimate of drug-likeness (QED) is 0.422. The molecule has 0 saturated carbocycles. The summed E-state index contributed by atoms with van der Waals surface area (Å²) in [6, 6.07) is 7.51. The molecule has 0 amide bonds. The molecular weight excluding hydrogens is 446 g/mol. The van der Waals surface area contributed by atoms with Gasteiger partial charge in [0.05, 0.1) is 18.4 Å². The smallest absolute Gasteiger partial charge is 0.227 e. The van der Waals surface area contributed by atoms with E-state index < -0.39 is 6.23 Å². The van der Waals surface area contributed by atoms with Crippen molar-refractivity contribution in [3.05, 3.63) is 42.2 Å². The lowest BCUT2D eigenvalue weighted by Gasteiger charge is -2.35. The molecule has 1 atom stereocenters. The number of pyridine rings is 1. The molecule has 1 fully saturated rings. The van der Waals surface area contributed by atoms with E-state index >= 15 is 0 Å². The third-order valence-corrected chi connectivity index (χ3v) is 6.39. The number of piperazine rings is 1. The Hall–Kier alpha value is -3.05. The van der Waals surface area contributed by atoms with Crippen LogP contribution in [-0.2, 0) is 4.74 Å². The molecule has 10 heteroatoms. The SMILES string of the molecule is COc1cc(C(O)N2CCN(C)CC2)ccc1Nc1ncc2ccnc(NCC(C)(C)OC)c2n1. The zero-order chi connectivity index (χ0) is 25.0. The highest BCUT2D eigenvalue weighted by Gasteiger charge is 2.23. The Morgan fingerprint density at radius 3 is 2.60 bits per heavy atom. The van der Waals surface area contributed by atoms with Crippen LogP contribution in [0.3, 0.4) is 0 Å². The van der Waals surface area contributed by atoms with Crippen molar-refractivity contribution < 1.29 is 14.6 Å². The molecule has 4 rings (SSSR count). The van der Waals surface area contributed by atoms with E-state index in [1.54, 1.807) is 26.6 Å². The first-order valence-electron chi connectivity index (χ1n) is 11.8. The van der Waals surface area contributed by atoms with Crippen LogP contribution in [0.5, 0.6) is 5.75 Å². The molecule has 3 N–H and O–H groups in total. The Morgan fingerprint density at radius 1 is 1.11 bits per heavy atom. The number of benzene rings is 1. The van der Waals surface area contributed by atoms with Crippen LogP contribution in [0, 0.1) is 0 Å². The average Bonchev–Trinajstić information content (AvgIpc) is 2.87. The van der Waals surface area contributed by atoms with Gasteiger partial charge in [0.1, 0.15) is 17.5 Å². The summed E-state index contributed by atoms with van der Waals surface area (Å²) in [7, 11) is 5.39. The molecule has 1 saturated heterocycles. The molecule has 35 heavy (non-hydrogen) atoms. The Bertz CT molecular complexity index is 1150. The zero-order valence-corrected chi connectivity index (χ0v) is 21.1.